The van der Waals surface area contributed by atoms with Crippen LogP contribution in [0.15, 0.2) is 42.7 Å². The van der Waals surface area contributed by atoms with Crippen molar-refractivity contribution in [2.24, 2.45) is 0 Å². The molecule has 6 nitrogen and oxygen atoms in total. The summed E-state index contributed by atoms with van der Waals surface area (Å²) in [6, 6.07) is 5.12. The summed E-state index contributed by atoms with van der Waals surface area (Å²) in [5, 5.41) is 3.03. The first-order chi connectivity index (χ1) is 13.1. The maximum absolute atomic E-state index is 14.0. The first kappa shape index (κ1) is 21.4. The lowest BCUT2D eigenvalue weighted by Crippen LogP contribution is -2.69. The third kappa shape index (κ3) is 4.50. The number of ether oxygens (including phenoxy) is 1. The highest BCUT2D eigenvalue weighted by Crippen LogP contribution is 2.34. The topological polar surface area (TPSA) is 80.3 Å². The zero-order valence-corrected chi connectivity index (χ0v) is 15.1. The van der Waals surface area contributed by atoms with Crippen molar-refractivity contribution < 1.29 is 31.9 Å². The number of esters is 1. The van der Waals surface area contributed by atoms with E-state index in [4.69, 9.17) is 11.6 Å². The Balaban J connectivity index is 2.52. The second kappa shape index (κ2) is 8.42. The summed E-state index contributed by atoms with van der Waals surface area (Å²) in [7, 11) is 0. The van der Waals surface area contributed by atoms with Gasteiger partial charge in [-0.2, -0.15) is 13.2 Å². The predicted octanol–water partition coefficient (Wildman–Crippen LogP) is 3.54. The van der Waals surface area contributed by atoms with Gasteiger partial charge in [-0.3, -0.25) is 9.78 Å². The molecule has 1 atom stereocenters. The molecule has 2 N–H and O–H groups in total. The quantitative estimate of drug-likeness (QED) is 0.425. The molecule has 0 radical (unpaired) electrons. The predicted molar refractivity (Wildman–Crippen MR) is 92.2 cm³/mol. The number of aromatic nitrogens is 1. The summed E-state index contributed by atoms with van der Waals surface area (Å²) < 4.78 is 59.8. The van der Waals surface area contributed by atoms with E-state index in [1.165, 1.54) is 25.3 Å². The van der Waals surface area contributed by atoms with Crippen LogP contribution in [0.25, 0.3) is 0 Å². The maximum atomic E-state index is 14.0. The Labute approximate surface area is 161 Å². The number of rotatable bonds is 6. The summed E-state index contributed by atoms with van der Waals surface area (Å²) >= 11 is 5.59. The van der Waals surface area contributed by atoms with Gasteiger partial charge >= 0.3 is 17.8 Å². The van der Waals surface area contributed by atoms with E-state index in [2.05, 4.69) is 9.72 Å². The van der Waals surface area contributed by atoms with Crippen LogP contribution in [-0.2, 0) is 9.53 Å². The molecule has 0 aliphatic rings. The number of pyridine rings is 1. The van der Waals surface area contributed by atoms with Crippen molar-refractivity contribution >= 4 is 29.2 Å². The van der Waals surface area contributed by atoms with Crippen LogP contribution >= 0.6 is 11.6 Å². The van der Waals surface area contributed by atoms with Gasteiger partial charge in [0.15, 0.2) is 0 Å². The van der Waals surface area contributed by atoms with Crippen molar-refractivity contribution in [3.05, 3.63) is 59.1 Å². The van der Waals surface area contributed by atoms with E-state index in [1.807, 2.05) is 5.32 Å². The smallest absolute Gasteiger partial charge is 0.441 e. The average Bonchev–Trinajstić information content (AvgIpc) is 2.64. The Kier molecular flexibility index (Phi) is 6.45. The molecule has 28 heavy (non-hydrogen) atoms. The minimum atomic E-state index is -5.34. The standard InChI is InChI=1S/C17H14ClF4N3O3/c1-2-28-15(27)16(17(20,21)22,24-11-5-6-13(19)12(18)8-11)25-14(26)10-4-3-7-23-9-10/h3-9,24H,2H2,1H3,(H,25,26)/t16-/m0/s1. The van der Waals surface area contributed by atoms with Gasteiger partial charge < -0.3 is 15.4 Å². The van der Waals surface area contributed by atoms with Crippen LogP contribution in [0.4, 0.5) is 23.2 Å². The molecule has 1 heterocycles. The summed E-state index contributed by atoms with van der Waals surface area (Å²) in [5.41, 5.74) is -4.25. The van der Waals surface area contributed by atoms with Gasteiger partial charge in [0.05, 0.1) is 17.2 Å². The number of halogens is 5. The molecule has 0 aliphatic heterocycles. The van der Waals surface area contributed by atoms with Gasteiger partial charge in [-0.25, -0.2) is 9.18 Å². The molecule has 0 saturated carbocycles. The second-order valence-corrected chi connectivity index (χ2v) is 5.83. The fourth-order valence-electron chi connectivity index (χ4n) is 2.16. The lowest BCUT2D eigenvalue weighted by molar-refractivity contribution is -0.204. The molecule has 11 heteroatoms. The molecule has 0 aliphatic carbocycles. The third-order valence-electron chi connectivity index (χ3n) is 3.48. The number of anilines is 1. The third-order valence-corrected chi connectivity index (χ3v) is 3.77. The number of nitrogens with one attached hydrogen (secondary N) is 2. The fraction of sp³-hybridized carbons (Fsp3) is 0.235. The van der Waals surface area contributed by atoms with E-state index in [1.54, 1.807) is 5.32 Å². The van der Waals surface area contributed by atoms with Gasteiger partial charge in [-0.15, -0.1) is 0 Å². The van der Waals surface area contributed by atoms with Gasteiger partial charge in [0.25, 0.3) is 5.91 Å². The first-order valence-corrected chi connectivity index (χ1v) is 8.18. The SMILES string of the molecule is CCOC(=O)[C@@](NC(=O)c1cccnc1)(Nc1ccc(F)c(Cl)c1)C(F)(F)F. The van der Waals surface area contributed by atoms with Crippen LogP contribution in [0.3, 0.4) is 0 Å². The monoisotopic (exact) mass is 419 g/mol. The van der Waals surface area contributed by atoms with Crippen LogP contribution in [0.1, 0.15) is 17.3 Å². The molecule has 2 rings (SSSR count). The van der Waals surface area contributed by atoms with E-state index in [0.29, 0.717) is 0 Å². The van der Waals surface area contributed by atoms with Gasteiger partial charge in [-0.1, -0.05) is 11.6 Å². The Morgan fingerprint density at radius 3 is 2.50 bits per heavy atom. The molecule has 0 unspecified atom stereocenters. The summed E-state index contributed by atoms with van der Waals surface area (Å²) in [6.07, 6.45) is -2.99. The molecule has 1 aromatic heterocycles. The van der Waals surface area contributed by atoms with Crippen LogP contribution in [0.5, 0.6) is 0 Å². The van der Waals surface area contributed by atoms with E-state index in [-0.39, 0.29) is 17.9 Å². The van der Waals surface area contributed by atoms with Gasteiger partial charge in [0, 0.05) is 18.1 Å². The zero-order chi connectivity index (χ0) is 20.9. The van der Waals surface area contributed by atoms with Crippen molar-refractivity contribution in [3.63, 3.8) is 0 Å². The number of carbonyl (C=O) groups excluding carboxylic acids is 2. The summed E-state index contributed by atoms with van der Waals surface area (Å²) in [6.45, 7) is 0.919. The normalized spacial score (nSPS) is 13.4. The zero-order valence-electron chi connectivity index (χ0n) is 14.3. The Hall–Kier alpha value is -2.88. The number of amides is 1. The van der Waals surface area contributed by atoms with Crippen molar-refractivity contribution in [1.29, 1.82) is 0 Å². The minimum Gasteiger partial charge on any atom is -0.463 e. The summed E-state index contributed by atoms with van der Waals surface area (Å²) in [5.74, 6) is -3.92. The Bertz CT molecular complexity index is 864. The van der Waals surface area contributed by atoms with Gasteiger partial charge in [-0.05, 0) is 37.3 Å². The molecule has 1 amide bonds. The second-order valence-electron chi connectivity index (χ2n) is 5.42. The number of benzene rings is 1. The van der Waals surface area contributed by atoms with E-state index < -0.39 is 34.6 Å². The highest BCUT2D eigenvalue weighted by molar-refractivity contribution is 6.31. The van der Waals surface area contributed by atoms with Crippen molar-refractivity contribution in [1.82, 2.24) is 10.3 Å². The molecule has 0 saturated heterocycles. The Morgan fingerprint density at radius 2 is 1.96 bits per heavy atom. The van der Waals surface area contributed by atoms with Crippen molar-refractivity contribution in [2.75, 3.05) is 11.9 Å². The molecule has 0 spiro atoms. The van der Waals surface area contributed by atoms with Crippen molar-refractivity contribution in [2.45, 2.75) is 18.8 Å². The molecular weight excluding hydrogens is 406 g/mol. The maximum Gasteiger partial charge on any atom is 0.441 e. The van der Waals surface area contributed by atoms with E-state index in [0.717, 1.165) is 24.4 Å². The van der Waals surface area contributed by atoms with Crippen LogP contribution < -0.4 is 10.6 Å². The molecule has 0 bridgehead atoms. The fourth-order valence-corrected chi connectivity index (χ4v) is 2.34. The molecule has 2 aromatic rings. The summed E-state index contributed by atoms with van der Waals surface area (Å²) in [4.78, 5) is 28.3. The van der Waals surface area contributed by atoms with E-state index >= 15 is 0 Å². The van der Waals surface area contributed by atoms with Gasteiger partial charge in [0.2, 0.25) is 0 Å². The molecular formula is C17H14ClF4N3O3. The molecule has 0 fully saturated rings. The largest absolute Gasteiger partial charge is 0.463 e. The lowest BCUT2D eigenvalue weighted by atomic mass is 10.1. The van der Waals surface area contributed by atoms with Crippen LogP contribution in [0, 0.1) is 5.82 Å². The van der Waals surface area contributed by atoms with Crippen molar-refractivity contribution in [3.8, 4) is 0 Å². The van der Waals surface area contributed by atoms with Crippen LogP contribution in [-0.4, -0.2) is 35.3 Å². The average molecular weight is 420 g/mol. The lowest BCUT2D eigenvalue weighted by Gasteiger charge is -2.35. The molecule has 1 aromatic carbocycles. The highest BCUT2D eigenvalue weighted by atomic mass is 35.5. The number of nitrogens with zero attached hydrogens (tertiary/aromatic N) is 1. The first-order valence-electron chi connectivity index (χ1n) is 7.80. The molecule has 150 valence electrons. The number of hydrogen-bond acceptors (Lipinski definition) is 5. The van der Waals surface area contributed by atoms with E-state index in [9.17, 15) is 27.2 Å². The highest BCUT2D eigenvalue weighted by Gasteiger charge is 2.63. The van der Waals surface area contributed by atoms with Crippen LogP contribution in [0.2, 0.25) is 5.02 Å². The number of carbonyl (C=O) groups is 2. The Morgan fingerprint density at radius 1 is 1.25 bits per heavy atom. The van der Waals surface area contributed by atoms with Gasteiger partial charge in [0.1, 0.15) is 5.82 Å². The number of alkyl halides is 3. The number of hydrogen-bond donors (Lipinski definition) is 2. The minimum absolute atomic E-state index is 0.223.